The fraction of sp³-hybridized carbons (Fsp3) is 0. The van der Waals surface area contributed by atoms with Crippen molar-refractivity contribution < 1.29 is 18.0 Å². The zero-order valence-corrected chi connectivity index (χ0v) is 9.58. The molecule has 2 aromatic rings. The number of carbonyl (C=O) groups is 1. The maximum absolute atomic E-state index is 13.0. The molecule has 0 radical (unpaired) electrons. The van der Waals surface area contributed by atoms with Gasteiger partial charge < -0.3 is 11.1 Å². The van der Waals surface area contributed by atoms with Gasteiger partial charge in [0.2, 0.25) is 0 Å². The molecule has 0 bridgehead atoms. The Hall–Kier alpha value is -2.50. The molecule has 0 saturated carbocycles. The van der Waals surface area contributed by atoms with Crippen LogP contribution in [0.3, 0.4) is 0 Å². The van der Waals surface area contributed by atoms with Gasteiger partial charge in [-0.2, -0.15) is 0 Å². The molecule has 0 aliphatic carbocycles. The normalized spacial score (nSPS) is 10.3. The van der Waals surface area contributed by atoms with Crippen molar-refractivity contribution in [1.82, 2.24) is 0 Å². The lowest BCUT2D eigenvalue weighted by atomic mass is 10.2. The molecular weight excluding hydrogens is 257 g/mol. The molecular formula is C13H9F3N2O. The molecule has 19 heavy (non-hydrogen) atoms. The molecule has 0 unspecified atom stereocenters. The lowest BCUT2D eigenvalue weighted by Crippen LogP contribution is -2.13. The fourth-order valence-electron chi connectivity index (χ4n) is 1.51. The van der Waals surface area contributed by atoms with Crippen LogP contribution in [0.4, 0.5) is 24.5 Å². The Morgan fingerprint density at radius 1 is 1.05 bits per heavy atom. The number of nitrogens with one attached hydrogen (secondary N) is 1. The van der Waals surface area contributed by atoms with Crippen LogP contribution in [0.25, 0.3) is 0 Å². The van der Waals surface area contributed by atoms with Crippen molar-refractivity contribution in [2.45, 2.75) is 0 Å². The molecule has 0 aliphatic heterocycles. The van der Waals surface area contributed by atoms with E-state index in [1.807, 2.05) is 0 Å². The minimum absolute atomic E-state index is 0.321. The van der Waals surface area contributed by atoms with Crippen LogP contribution in [-0.4, -0.2) is 5.91 Å². The van der Waals surface area contributed by atoms with Crippen molar-refractivity contribution >= 4 is 17.3 Å². The molecule has 2 aromatic carbocycles. The summed E-state index contributed by atoms with van der Waals surface area (Å²) in [6.07, 6.45) is 0. The first-order chi connectivity index (χ1) is 8.97. The van der Waals surface area contributed by atoms with Gasteiger partial charge in [-0.15, -0.1) is 0 Å². The summed E-state index contributed by atoms with van der Waals surface area (Å²) in [5, 5.41) is 2.40. The first kappa shape index (κ1) is 12.9. The fourth-order valence-corrected chi connectivity index (χ4v) is 1.51. The molecule has 0 spiro atoms. The van der Waals surface area contributed by atoms with Gasteiger partial charge in [0.1, 0.15) is 0 Å². The predicted molar refractivity (Wildman–Crippen MR) is 65.1 cm³/mol. The maximum atomic E-state index is 13.0. The number of benzene rings is 2. The summed E-state index contributed by atoms with van der Waals surface area (Å²) in [7, 11) is 0. The van der Waals surface area contributed by atoms with Gasteiger partial charge in [0.25, 0.3) is 5.91 Å². The number of hydrogen-bond donors (Lipinski definition) is 2. The minimum atomic E-state index is -1.61. The average Bonchev–Trinajstić information content (AvgIpc) is 2.35. The van der Waals surface area contributed by atoms with Crippen molar-refractivity contribution in [2.75, 3.05) is 11.1 Å². The quantitative estimate of drug-likeness (QED) is 0.648. The van der Waals surface area contributed by atoms with Gasteiger partial charge >= 0.3 is 0 Å². The Labute approximate surface area is 106 Å². The molecule has 0 heterocycles. The number of nitrogens with two attached hydrogens (primary N) is 1. The molecule has 0 aromatic heterocycles. The van der Waals surface area contributed by atoms with E-state index in [1.54, 1.807) is 18.2 Å². The number of rotatable bonds is 2. The van der Waals surface area contributed by atoms with E-state index in [0.29, 0.717) is 23.5 Å². The summed E-state index contributed by atoms with van der Waals surface area (Å²) in [5.41, 5.74) is 6.00. The Bertz CT molecular complexity index is 621. The van der Waals surface area contributed by atoms with Crippen LogP contribution >= 0.6 is 0 Å². The van der Waals surface area contributed by atoms with Crippen LogP contribution in [0, 0.1) is 17.5 Å². The Morgan fingerprint density at radius 2 is 1.68 bits per heavy atom. The number of nitrogen functional groups attached to an aromatic ring is 1. The van der Waals surface area contributed by atoms with Crippen molar-refractivity contribution in [2.24, 2.45) is 0 Å². The first-order valence-corrected chi connectivity index (χ1v) is 5.29. The zero-order valence-electron chi connectivity index (χ0n) is 9.58. The lowest BCUT2D eigenvalue weighted by Gasteiger charge is -2.06. The van der Waals surface area contributed by atoms with E-state index in [4.69, 9.17) is 5.73 Å². The topological polar surface area (TPSA) is 55.1 Å². The first-order valence-electron chi connectivity index (χ1n) is 5.29. The highest BCUT2D eigenvalue weighted by atomic mass is 19.2. The Kier molecular flexibility index (Phi) is 3.41. The second-order valence-electron chi connectivity index (χ2n) is 3.83. The molecule has 2 rings (SSSR count). The lowest BCUT2D eigenvalue weighted by molar-refractivity contribution is 0.102. The molecule has 0 atom stereocenters. The second kappa shape index (κ2) is 5.01. The maximum Gasteiger partial charge on any atom is 0.255 e. The Balaban J connectivity index is 2.25. The number of halogens is 3. The molecule has 98 valence electrons. The third-order valence-electron chi connectivity index (χ3n) is 2.39. The highest BCUT2D eigenvalue weighted by molar-refractivity contribution is 6.04. The number of hydrogen-bond acceptors (Lipinski definition) is 2. The molecule has 0 saturated heterocycles. The summed E-state index contributed by atoms with van der Waals surface area (Å²) >= 11 is 0. The minimum Gasteiger partial charge on any atom is -0.399 e. The van der Waals surface area contributed by atoms with Gasteiger partial charge in [0, 0.05) is 16.9 Å². The summed E-state index contributed by atoms with van der Waals surface area (Å²) < 4.78 is 38.7. The molecule has 3 N–H and O–H groups in total. The molecule has 6 heteroatoms. The summed E-state index contributed by atoms with van der Waals surface area (Å²) in [6.45, 7) is 0. The van der Waals surface area contributed by atoms with Gasteiger partial charge in [-0.3, -0.25) is 4.79 Å². The van der Waals surface area contributed by atoms with Crippen molar-refractivity contribution in [3.63, 3.8) is 0 Å². The van der Waals surface area contributed by atoms with Crippen LogP contribution in [0.2, 0.25) is 0 Å². The molecule has 0 aliphatic rings. The van der Waals surface area contributed by atoms with E-state index in [2.05, 4.69) is 5.32 Å². The summed E-state index contributed by atoms with van der Waals surface area (Å²) in [4.78, 5) is 11.7. The monoisotopic (exact) mass is 266 g/mol. The molecule has 0 fully saturated rings. The number of carbonyl (C=O) groups excluding carboxylic acids is 1. The van der Waals surface area contributed by atoms with E-state index in [9.17, 15) is 18.0 Å². The Morgan fingerprint density at radius 3 is 2.26 bits per heavy atom. The van der Waals surface area contributed by atoms with Gasteiger partial charge in [-0.25, -0.2) is 13.2 Å². The van der Waals surface area contributed by atoms with Crippen molar-refractivity contribution in [3.8, 4) is 0 Å². The van der Waals surface area contributed by atoms with Crippen LogP contribution in [0.15, 0.2) is 36.4 Å². The van der Waals surface area contributed by atoms with Gasteiger partial charge in [0.05, 0.1) is 0 Å². The van der Waals surface area contributed by atoms with E-state index in [-0.39, 0.29) is 5.56 Å². The van der Waals surface area contributed by atoms with E-state index in [0.717, 1.165) is 0 Å². The summed E-state index contributed by atoms with van der Waals surface area (Å²) in [6, 6.07) is 7.52. The van der Waals surface area contributed by atoms with Crippen molar-refractivity contribution in [1.29, 1.82) is 0 Å². The highest BCUT2D eigenvalue weighted by Gasteiger charge is 2.15. The third-order valence-corrected chi connectivity index (χ3v) is 2.39. The zero-order chi connectivity index (χ0) is 14.0. The van der Waals surface area contributed by atoms with E-state index in [1.165, 1.54) is 6.07 Å². The van der Waals surface area contributed by atoms with Crippen LogP contribution in [0.1, 0.15) is 10.4 Å². The SMILES string of the molecule is Nc1cccc(NC(=O)c2cc(F)c(F)c(F)c2)c1. The van der Waals surface area contributed by atoms with E-state index < -0.39 is 23.4 Å². The number of amides is 1. The van der Waals surface area contributed by atoms with Crippen LogP contribution in [-0.2, 0) is 0 Å². The standard InChI is InChI=1S/C13H9F3N2O/c14-10-4-7(5-11(15)12(10)16)13(19)18-9-3-1-2-8(17)6-9/h1-6H,17H2,(H,18,19). The van der Waals surface area contributed by atoms with Gasteiger partial charge in [-0.1, -0.05) is 6.07 Å². The van der Waals surface area contributed by atoms with Gasteiger partial charge in [-0.05, 0) is 30.3 Å². The molecule has 3 nitrogen and oxygen atoms in total. The second-order valence-corrected chi connectivity index (χ2v) is 3.83. The van der Waals surface area contributed by atoms with Crippen molar-refractivity contribution in [3.05, 3.63) is 59.4 Å². The van der Waals surface area contributed by atoms with Crippen LogP contribution < -0.4 is 11.1 Å². The highest BCUT2D eigenvalue weighted by Crippen LogP contribution is 2.16. The smallest absolute Gasteiger partial charge is 0.255 e. The average molecular weight is 266 g/mol. The number of anilines is 2. The molecule has 1 amide bonds. The van der Waals surface area contributed by atoms with E-state index >= 15 is 0 Å². The van der Waals surface area contributed by atoms with Gasteiger partial charge in [0.15, 0.2) is 17.5 Å². The predicted octanol–water partition coefficient (Wildman–Crippen LogP) is 2.94. The van der Waals surface area contributed by atoms with Crippen LogP contribution in [0.5, 0.6) is 0 Å². The summed E-state index contributed by atoms with van der Waals surface area (Å²) in [5.74, 6) is -5.21. The third kappa shape index (κ3) is 2.85. The largest absolute Gasteiger partial charge is 0.399 e.